The summed E-state index contributed by atoms with van der Waals surface area (Å²) >= 11 is 0. The minimum atomic E-state index is -5.94. The van der Waals surface area contributed by atoms with Gasteiger partial charge in [-0.2, -0.15) is 17.5 Å². The maximum atomic E-state index is 13.6. The van der Waals surface area contributed by atoms with Crippen molar-refractivity contribution in [3.05, 3.63) is 245 Å². The second kappa shape index (κ2) is 80.1. The monoisotopic (exact) mass is 2140 g/mol. The number of allylic oxidation sites excluding steroid dienone is 42. The maximum Gasteiger partial charge on any atom is 0.483 e. The van der Waals surface area contributed by atoms with E-state index in [1.54, 1.807) is 0 Å². The Balaban J connectivity index is 1.59. The van der Waals surface area contributed by atoms with Gasteiger partial charge in [-0.25, -0.2) is 9.13 Å². The van der Waals surface area contributed by atoms with E-state index >= 15 is 0 Å². The second-order valence-corrected chi connectivity index (χ2v) is 46.7. The first-order valence-corrected chi connectivity index (χ1v) is 59.2. The first-order valence-electron chi connectivity index (χ1n) is 56.2. The lowest BCUT2D eigenvalue weighted by Gasteiger charge is -2.48. The van der Waals surface area contributed by atoms with Crippen LogP contribution in [0.4, 0.5) is 13.2 Å². The van der Waals surface area contributed by atoms with Crippen molar-refractivity contribution < 1.29 is 94.8 Å². The number of nitrogens with one attached hydrogen (secondary N) is 2. The van der Waals surface area contributed by atoms with Gasteiger partial charge in [0, 0.05) is 6.92 Å². The van der Waals surface area contributed by atoms with E-state index in [2.05, 4.69) is 290 Å². The van der Waals surface area contributed by atoms with Crippen LogP contribution in [-0.2, 0) is 46.3 Å². The molecule has 2 amide bonds. The van der Waals surface area contributed by atoms with Crippen LogP contribution in [0, 0.1) is 5.92 Å². The molecule has 150 heavy (non-hydrogen) atoms. The van der Waals surface area contributed by atoms with Gasteiger partial charge in [-0.05, 0) is 434 Å². The summed E-state index contributed by atoms with van der Waals surface area (Å²) in [5.74, 6) is -3.60. The summed E-state index contributed by atoms with van der Waals surface area (Å²) in [6.07, 6.45) is 74.6. The van der Waals surface area contributed by atoms with Crippen LogP contribution in [-0.4, -0.2) is 134 Å². The highest BCUT2D eigenvalue weighted by molar-refractivity contribution is 7.61. The summed E-state index contributed by atoms with van der Waals surface area (Å²) in [4.78, 5) is 45.2. The Morgan fingerprint density at radius 1 is 0.307 bits per heavy atom. The Morgan fingerprint density at radius 2 is 0.527 bits per heavy atom. The van der Waals surface area contributed by atoms with Gasteiger partial charge in [0.2, 0.25) is 5.91 Å². The fourth-order valence-corrected chi connectivity index (χ4v) is 20.1. The Morgan fingerprint density at radius 3 is 0.747 bits per heavy atom. The molecule has 0 aromatic carbocycles. The van der Waals surface area contributed by atoms with Gasteiger partial charge in [-0.15, -0.1) is 0 Å². The highest BCUT2D eigenvalue weighted by Gasteiger charge is 2.55. The van der Waals surface area contributed by atoms with Crippen LogP contribution >= 0.6 is 15.6 Å². The van der Waals surface area contributed by atoms with Gasteiger partial charge in [-0.3, -0.25) is 18.6 Å². The van der Waals surface area contributed by atoms with Gasteiger partial charge in [0.25, 0.3) is 0 Å². The molecule has 19 nitrogen and oxygen atoms in total. The summed E-state index contributed by atoms with van der Waals surface area (Å²) in [6, 6.07) is -4.20. The van der Waals surface area contributed by atoms with E-state index < -0.39 is 115 Å². The normalized spacial score (nSPS) is 21.7. The molecule has 2 heterocycles. The van der Waals surface area contributed by atoms with Crippen molar-refractivity contribution in [3.63, 3.8) is 0 Å². The molecule has 0 aromatic heterocycles. The fourth-order valence-electron chi connectivity index (χ4n) is 17.9. The van der Waals surface area contributed by atoms with Gasteiger partial charge in [-0.1, -0.05) is 252 Å². The Hall–Kier alpha value is -6.79. The van der Waals surface area contributed by atoms with Crippen molar-refractivity contribution in [2.45, 2.75) is 510 Å². The topological polar surface area (TPSA) is 289 Å². The number of phosphoric acid groups is 2. The summed E-state index contributed by atoms with van der Waals surface area (Å²) < 4.78 is 97.4. The van der Waals surface area contributed by atoms with Gasteiger partial charge in [0.15, 0.2) is 12.6 Å². The third-order valence-corrected chi connectivity index (χ3v) is 30.7. The Bertz CT molecular complexity index is 4770. The van der Waals surface area contributed by atoms with Crippen LogP contribution in [0.5, 0.6) is 0 Å². The number of alkyl halides is 3. The van der Waals surface area contributed by atoms with Crippen molar-refractivity contribution in [1.82, 2.24) is 10.6 Å². The molecule has 2 rings (SSSR count). The number of aliphatic hydroxyl groups excluding tert-OH is 5. The quantitative estimate of drug-likeness (QED) is 0.0202. The molecule has 24 heteroatoms. The zero-order valence-electron chi connectivity index (χ0n) is 97.2. The number of phosphoric ester groups is 2. The SMILES string of the molecule is CC(=O)N[C@H]1[C@H](O[C@H]2[C@H](O)[C@@H](NC(=O)C(F)(F)F)[C@@H](OP(=O)(O)OP(=O)(O)OCCC(C)CC/C=C(\C)CC/C=C(\C)CC/C=C(\C)CC/C=C(\C)CC/C=C(\C)CC/C=C(\C)CC/C=C(\C)CC/C=C(\C)CC/C=C(\C)CC/C=C(\C)CC/C=C(\C)CC/C=C(\C)CC/C=C(\C)CC/C=C(\C)CC/C=C(\C)CC/C=C(\C)CC/C=C(\C)CC/C=C(\C)CC/C=C(\C)CC/C=C(\C)CCC=C(C)C)O[C@@H]2CO)O[C@H](CO)[C@@H](O)[C@@H]1O. The van der Waals surface area contributed by atoms with Crippen molar-refractivity contribution >= 4 is 27.5 Å². The number of hydrogen-bond donors (Lipinski definition) is 9. The van der Waals surface area contributed by atoms with Crippen LogP contribution in [0.15, 0.2) is 245 Å². The summed E-state index contributed by atoms with van der Waals surface area (Å²) in [6.45, 7) is 50.1. The van der Waals surface area contributed by atoms with E-state index in [0.717, 1.165) is 244 Å². The molecule has 2 aliphatic heterocycles. The molecular formula is C126H205F3N2O17P2. The average molecular weight is 2140 g/mol. The minimum absolute atomic E-state index is 0.0673. The van der Waals surface area contributed by atoms with Crippen LogP contribution in [0.1, 0.15) is 442 Å². The van der Waals surface area contributed by atoms with Crippen molar-refractivity contribution in [2.24, 2.45) is 5.92 Å². The van der Waals surface area contributed by atoms with Gasteiger partial charge in [0.05, 0.1) is 19.8 Å². The van der Waals surface area contributed by atoms with E-state index in [9.17, 15) is 67.2 Å². The highest BCUT2D eigenvalue weighted by Crippen LogP contribution is 2.61. The van der Waals surface area contributed by atoms with Gasteiger partial charge >= 0.3 is 27.7 Å². The largest absolute Gasteiger partial charge is 0.483 e. The molecular weight excluding hydrogens is 1930 g/mol. The number of carbonyl (C=O) groups excluding carboxylic acids is 2. The molecule has 852 valence electrons. The molecule has 2 aliphatic rings. The van der Waals surface area contributed by atoms with E-state index in [1.165, 1.54) is 142 Å². The molecule has 0 aromatic rings. The summed E-state index contributed by atoms with van der Waals surface area (Å²) in [7, 11) is -11.4. The number of rotatable bonds is 77. The van der Waals surface area contributed by atoms with Crippen LogP contribution in [0.2, 0.25) is 0 Å². The first-order chi connectivity index (χ1) is 70.9. The lowest BCUT2D eigenvalue weighted by Crippen LogP contribution is -2.69. The van der Waals surface area contributed by atoms with Crippen LogP contribution < -0.4 is 10.6 Å². The fraction of sp³-hybridized carbons (Fsp3) is 0.651. The summed E-state index contributed by atoms with van der Waals surface area (Å²) in [5.41, 5.74) is 30.9. The molecule has 0 aliphatic carbocycles. The standard InChI is InChI=1S/C126H205F3N2O17P2/c1-92(2)46-25-47-93(3)48-26-49-94(4)50-27-51-95(5)52-28-53-96(6)54-29-55-97(7)56-30-57-98(8)58-31-59-99(9)60-32-61-100(10)62-33-63-101(11)64-34-65-102(12)66-35-67-103(13)68-36-69-104(14)70-37-71-105(15)72-38-73-106(16)74-39-75-107(17)76-40-77-108(18)78-41-79-109(19)80-42-81-110(20)82-43-83-111(21)84-44-85-112(22)86-45-87-113(23)88-89-143-149(139,140)148-150(141,142)147-124-118(131-125(138)126(127,128)129)121(137)122(116(91-133)145-124)146-123-117(130-114(24)134)120(136)119(135)115(90-132)144-123/h46,48,50,52,54,56,58,60,62,64,66,68,70,72,74,76,78,80,82,84,86,113,115-124,132-133,135-137H,25-45,47,49,51,53,55,57,59,61,63,65,67,69,71,73,75,77,79,81,83,85,87-91H2,1-24H3,(H,130,134)(H,131,138)(H,139,140)(H,141,142)/b93-48+,94-50+,95-52+,96-54+,97-56+,98-58+,99-60+,100-62+,101-64+,102-66+,103-68+,104-70+,105-72+,106-74+,107-76+,108-78+,109-80+,110-82+,111-84+,112-86+/t113?,115-,116-,117-,118-,119-,120-,121-,122-,123+,124-/m1/s1. The van der Waals surface area contributed by atoms with Crippen molar-refractivity contribution in [2.75, 3.05) is 19.8 Å². The number of ether oxygens (including phenoxy) is 3. The third kappa shape index (κ3) is 70.0. The van der Waals surface area contributed by atoms with Crippen LogP contribution in [0.3, 0.4) is 0 Å². The lowest BCUT2D eigenvalue weighted by atomic mass is 9.94. The van der Waals surface area contributed by atoms with Gasteiger partial charge < -0.3 is 60.2 Å². The summed E-state index contributed by atoms with van der Waals surface area (Å²) in [5, 5.41) is 56.0. The predicted molar refractivity (Wildman–Crippen MR) is 620 cm³/mol. The molecule has 2 fully saturated rings. The average Bonchev–Trinajstić information content (AvgIpc) is 0.768. The molecule has 0 spiro atoms. The van der Waals surface area contributed by atoms with E-state index in [0.29, 0.717) is 12.8 Å². The Kier molecular flexibility index (Phi) is 74.3. The lowest BCUT2D eigenvalue weighted by molar-refractivity contribution is -0.326. The van der Waals surface area contributed by atoms with E-state index in [4.69, 9.17) is 23.3 Å². The first kappa shape index (κ1) is 139. The number of carbonyl (C=O) groups is 2. The molecule has 9 N–H and O–H groups in total. The Labute approximate surface area is 907 Å². The second-order valence-electron chi connectivity index (χ2n) is 43.7. The molecule has 0 radical (unpaired) electrons. The van der Waals surface area contributed by atoms with Crippen molar-refractivity contribution in [3.8, 4) is 0 Å². The highest BCUT2D eigenvalue weighted by atomic mass is 31.3. The molecule has 0 saturated carbocycles. The minimum Gasteiger partial charge on any atom is -0.394 e. The zero-order valence-corrected chi connectivity index (χ0v) is 99.0. The maximum absolute atomic E-state index is 13.6. The molecule has 3 unspecified atom stereocenters. The molecule has 2 saturated heterocycles. The third-order valence-electron chi connectivity index (χ3n) is 28.1. The van der Waals surface area contributed by atoms with E-state index in [-0.39, 0.29) is 12.3 Å². The molecule has 13 atom stereocenters. The number of amides is 2. The number of hydrogen-bond acceptors (Lipinski definition) is 15. The van der Waals surface area contributed by atoms with Gasteiger partial charge in [0.1, 0.15) is 48.7 Å². The number of halogens is 3. The van der Waals surface area contributed by atoms with Crippen molar-refractivity contribution in [1.29, 1.82) is 0 Å². The molecule has 0 bridgehead atoms. The van der Waals surface area contributed by atoms with Crippen LogP contribution in [0.25, 0.3) is 0 Å². The number of aliphatic hydroxyl groups is 5. The van der Waals surface area contributed by atoms with E-state index in [1.807, 2.05) is 6.92 Å². The smallest absolute Gasteiger partial charge is 0.394 e. The zero-order chi connectivity index (χ0) is 112. The predicted octanol–water partition coefficient (Wildman–Crippen LogP) is 34.0.